The van der Waals surface area contributed by atoms with Crippen molar-refractivity contribution in [1.29, 1.82) is 0 Å². The summed E-state index contributed by atoms with van der Waals surface area (Å²) in [6.45, 7) is 5.25. The molecule has 0 aromatic heterocycles. The monoisotopic (exact) mass is 303 g/mol. The first kappa shape index (κ1) is 18.5. The summed E-state index contributed by atoms with van der Waals surface area (Å²) in [5.74, 6) is 6.97. The quantitative estimate of drug-likeness (QED) is 0.687. The number of unbranched alkanes of at least 4 members (excludes halogenated alkanes) is 2. The maximum atomic E-state index is 10.7. The molecule has 1 rings (SSSR count). The standard InChI is InChI=1S/C19H29NO2/c1-3-5-11-19(21,12-6-4-2)13-10-17-8-7-9-18(16-17)22-15-14-20/h7-9,16,21H,3-6,11-12,14-15,20H2,1-2H3. The van der Waals surface area contributed by atoms with Crippen molar-refractivity contribution >= 4 is 0 Å². The Hall–Kier alpha value is -1.50. The Morgan fingerprint density at radius 3 is 2.45 bits per heavy atom. The number of hydrogen-bond donors (Lipinski definition) is 2. The minimum atomic E-state index is -0.875. The van der Waals surface area contributed by atoms with E-state index in [0.29, 0.717) is 13.2 Å². The number of rotatable bonds is 9. The Morgan fingerprint density at radius 2 is 1.86 bits per heavy atom. The van der Waals surface area contributed by atoms with Crippen LogP contribution < -0.4 is 10.5 Å². The van der Waals surface area contributed by atoms with E-state index in [1.54, 1.807) is 0 Å². The van der Waals surface area contributed by atoms with Crippen LogP contribution in [-0.2, 0) is 0 Å². The summed E-state index contributed by atoms with van der Waals surface area (Å²) in [4.78, 5) is 0. The second-order valence-corrected chi connectivity index (χ2v) is 5.65. The van der Waals surface area contributed by atoms with Crippen LogP contribution in [0, 0.1) is 11.8 Å². The SMILES string of the molecule is CCCCC(O)(C#Cc1cccc(OCCN)c1)CCCC. The van der Waals surface area contributed by atoms with Gasteiger partial charge < -0.3 is 15.6 Å². The zero-order valence-electron chi connectivity index (χ0n) is 13.9. The van der Waals surface area contributed by atoms with Gasteiger partial charge in [0, 0.05) is 12.1 Å². The molecule has 0 atom stereocenters. The van der Waals surface area contributed by atoms with Gasteiger partial charge >= 0.3 is 0 Å². The molecule has 0 saturated heterocycles. The van der Waals surface area contributed by atoms with Crippen molar-refractivity contribution in [3.8, 4) is 17.6 Å². The molecule has 22 heavy (non-hydrogen) atoms. The Balaban J connectivity index is 2.82. The van der Waals surface area contributed by atoms with Crippen LogP contribution in [0.2, 0.25) is 0 Å². The number of ether oxygens (including phenoxy) is 1. The lowest BCUT2D eigenvalue weighted by molar-refractivity contribution is 0.0774. The molecule has 3 N–H and O–H groups in total. The van der Waals surface area contributed by atoms with E-state index in [9.17, 15) is 5.11 Å². The predicted octanol–water partition coefficient (Wildman–Crippen LogP) is 3.49. The average Bonchev–Trinajstić information content (AvgIpc) is 2.55. The molecule has 1 aromatic carbocycles. The Labute approximate surface area is 134 Å². The lowest BCUT2D eigenvalue weighted by atomic mass is 9.91. The summed E-state index contributed by atoms with van der Waals surface area (Å²) in [6.07, 6.45) is 5.60. The fraction of sp³-hybridized carbons (Fsp3) is 0.579. The molecule has 0 aliphatic heterocycles. The molecule has 0 bridgehead atoms. The molecule has 0 heterocycles. The van der Waals surface area contributed by atoms with Crippen molar-refractivity contribution in [2.45, 2.75) is 58.0 Å². The highest BCUT2D eigenvalue weighted by Gasteiger charge is 2.22. The van der Waals surface area contributed by atoms with Crippen molar-refractivity contribution < 1.29 is 9.84 Å². The summed E-state index contributed by atoms with van der Waals surface area (Å²) in [6, 6.07) is 7.62. The van der Waals surface area contributed by atoms with Crippen LogP contribution in [0.5, 0.6) is 5.75 Å². The largest absolute Gasteiger partial charge is 0.492 e. The number of aliphatic hydroxyl groups is 1. The lowest BCUT2D eigenvalue weighted by Gasteiger charge is -2.21. The predicted molar refractivity (Wildman–Crippen MR) is 91.9 cm³/mol. The van der Waals surface area contributed by atoms with Gasteiger partial charge in [-0.2, -0.15) is 0 Å². The summed E-state index contributed by atoms with van der Waals surface area (Å²) >= 11 is 0. The highest BCUT2D eigenvalue weighted by atomic mass is 16.5. The molecule has 0 aliphatic rings. The minimum Gasteiger partial charge on any atom is -0.492 e. The molecule has 0 aliphatic carbocycles. The Bertz CT molecular complexity index is 480. The van der Waals surface area contributed by atoms with Crippen molar-refractivity contribution in [3.05, 3.63) is 29.8 Å². The zero-order chi connectivity index (χ0) is 16.3. The smallest absolute Gasteiger partial charge is 0.125 e. The summed E-state index contributed by atoms with van der Waals surface area (Å²) in [7, 11) is 0. The lowest BCUT2D eigenvalue weighted by Crippen LogP contribution is -2.26. The second-order valence-electron chi connectivity index (χ2n) is 5.65. The van der Waals surface area contributed by atoms with Crippen molar-refractivity contribution in [2.75, 3.05) is 13.2 Å². The van der Waals surface area contributed by atoms with Gasteiger partial charge in [-0.25, -0.2) is 0 Å². The van der Waals surface area contributed by atoms with Gasteiger partial charge in [0.25, 0.3) is 0 Å². The van der Waals surface area contributed by atoms with Crippen molar-refractivity contribution in [2.24, 2.45) is 5.73 Å². The van der Waals surface area contributed by atoms with Crippen LogP contribution >= 0.6 is 0 Å². The normalized spacial score (nSPS) is 10.9. The number of hydrogen-bond acceptors (Lipinski definition) is 3. The Morgan fingerprint density at radius 1 is 1.18 bits per heavy atom. The maximum Gasteiger partial charge on any atom is 0.125 e. The van der Waals surface area contributed by atoms with E-state index in [1.807, 2.05) is 24.3 Å². The minimum absolute atomic E-state index is 0.490. The first-order chi connectivity index (χ1) is 10.6. The van der Waals surface area contributed by atoms with Crippen LogP contribution in [-0.4, -0.2) is 23.9 Å². The van der Waals surface area contributed by atoms with Gasteiger partial charge in [0.2, 0.25) is 0 Å². The van der Waals surface area contributed by atoms with Crippen molar-refractivity contribution in [1.82, 2.24) is 0 Å². The third-order valence-corrected chi connectivity index (χ3v) is 3.55. The summed E-state index contributed by atoms with van der Waals surface area (Å²) < 4.78 is 5.50. The van der Waals surface area contributed by atoms with Gasteiger partial charge in [0.15, 0.2) is 0 Å². The fourth-order valence-electron chi connectivity index (χ4n) is 2.22. The molecular formula is C19H29NO2. The molecule has 3 heteroatoms. The molecule has 0 radical (unpaired) electrons. The maximum absolute atomic E-state index is 10.7. The first-order valence-electron chi connectivity index (χ1n) is 8.32. The molecule has 1 aromatic rings. The highest BCUT2D eigenvalue weighted by Crippen LogP contribution is 2.21. The third-order valence-electron chi connectivity index (χ3n) is 3.55. The van der Waals surface area contributed by atoms with Gasteiger partial charge in [-0.3, -0.25) is 0 Å². The van der Waals surface area contributed by atoms with E-state index >= 15 is 0 Å². The summed E-state index contributed by atoms with van der Waals surface area (Å²) in [5, 5.41) is 10.7. The van der Waals surface area contributed by atoms with Gasteiger partial charge in [-0.05, 0) is 43.9 Å². The highest BCUT2D eigenvalue weighted by molar-refractivity contribution is 5.41. The zero-order valence-corrected chi connectivity index (χ0v) is 13.9. The van der Waals surface area contributed by atoms with Gasteiger partial charge in [-0.15, -0.1) is 0 Å². The van der Waals surface area contributed by atoms with Crippen LogP contribution in [0.15, 0.2) is 24.3 Å². The molecular weight excluding hydrogens is 274 g/mol. The van der Waals surface area contributed by atoms with Gasteiger partial charge in [-0.1, -0.05) is 44.6 Å². The average molecular weight is 303 g/mol. The molecule has 3 nitrogen and oxygen atoms in total. The molecule has 0 unspecified atom stereocenters. The van der Waals surface area contributed by atoms with Crippen LogP contribution in [0.1, 0.15) is 57.9 Å². The van der Waals surface area contributed by atoms with Crippen molar-refractivity contribution in [3.63, 3.8) is 0 Å². The molecule has 122 valence electrons. The van der Waals surface area contributed by atoms with E-state index in [1.165, 1.54) is 0 Å². The van der Waals surface area contributed by atoms with E-state index < -0.39 is 5.60 Å². The van der Waals surface area contributed by atoms with Gasteiger partial charge in [0.05, 0.1) is 0 Å². The number of benzene rings is 1. The second kappa shape index (κ2) is 10.3. The molecule has 0 amide bonds. The third kappa shape index (κ3) is 6.98. The Kier molecular flexibility index (Phi) is 8.65. The number of nitrogens with two attached hydrogens (primary N) is 1. The van der Waals surface area contributed by atoms with Crippen LogP contribution in [0.4, 0.5) is 0 Å². The van der Waals surface area contributed by atoms with E-state index in [-0.39, 0.29) is 0 Å². The molecule has 0 fully saturated rings. The summed E-state index contributed by atoms with van der Waals surface area (Å²) in [5.41, 5.74) is 5.42. The van der Waals surface area contributed by atoms with E-state index in [4.69, 9.17) is 10.5 Å². The van der Waals surface area contributed by atoms with Crippen LogP contribution in [0.25, 0.3) is 0 Å². The fourth-order valence-corrected chi connectivity index (χ4v) is 2.22. The topological polar surface area (TPSA) is 55.5 Å². The van der Waals surface area contributed by atoms with Crippen LogP contribution in [0.3, 0.4) is 0 Å². The molecule has 0 spiro atoms. The first-order valence-corrected chi connectivity index (χ1v) is 8.32. The van der Waals surface area contributed by atoms with E-state index in [2.05, 4.69) is 25.7 Å². The van der Waals surface area contributed by atoms with E-state index in [0.717, 1.165) is 49.8 Å². The van der Waals surface area contributed by atoms with Gasteiger partial charge in [0.1, 0.15) is 18.0 Å². The molecule has 0 saturated carbocycles.